The van der Waals surface area contributed by atoms with E-state index in [1.807, 2.05) is 0 Å². The Morgan fingerprint density at radius 3 is 2.29 bits per heavy atom. The second-order valence-corrected chi connectivity index (χ2v) is 7.38. The van der Waals surface area contributed by atoms with Gasteiger partial charge in [0.1, 0.15) is 0 Å². The van der Waals surface area contributed by atoms with Gasteiger partial charge >= 0.3 is 8.80 Å². The summed E-state index contributed by atoms with van der Waals surface area (Å²) in [5.41, 5.74) is 0.226. The van der Waals surface area contributed by atoms with Crippen LogP contribution in [0.1, 0.15) is 32.6 Å². The molecule has 0 spiro atoms. The standard InChI is InChI=1S/C12H25NO3Si/c1-5-9-12(13-10-7-6-8-11-13)17(14-2,15-3)16-4/h7,10,12H,5-6,8-9,11H2,1-4H3. The summed E-state index contributed by atoms with van der Waals surface area (Å²) in [6, 6.07) is 0. The molecule has 0 bridgehead atoms. The Bertz CT molecular complexity index is 236. The molecule has 4 nitrogen and oxygen atoms in total. The first-order valence-electron chi connectivity index (χ1n) is 6.32. The molecular formula is C12H25NO3Si. The van der Waals surface area contributed by atoms with Gasteiger partial charge in [-0.3, -0.25) is 0 Å². The van der Waals surface area contributed by atoms with E-state index in [-0.39, 0.29) is 5.67 Å². The van der Waals surface area contributed by atoms with Crippen molar-refractivity contribution in [2.24, 2.45) is 0 Å². The maximum atomic E-state index is 5.62. The molecule has 17 heavy (non-hydrogen) atoms. The molecule has 0 saturated carbocycles. The molecule has 0 aromatic carbocycles. The minimum atomic E-state index is -2.58. The van der Waals surface area contributed by atoms with Crippen molar-refractivity contribution in [3.05, 3.63) is 12.3 Å². The van der Waals surface area contributed by atoms with E-state index >= 15 is 0 Å². The molecule has 1 heterocycles. The molecule has 0 amide bonds. The van der Waals surface area contributed by atoms with Crippen LogP contribution in [0.25, 0.3) is 0 Å². The van der Waals surface area contributed by atoms with Gasteiger partial charge in [-0.05, 0) is 25.5 Å². The molecule has 0 aromatic heterocycles. The molecule has 100 valence electrons. The third-order valence-corrected chi connectivity index (χ3v) is 6.45. The maximum Gasteiger partial charge on any atom is 0.523 e. The monoisotopic (exact) mass is 259 g/mol. The molecule has 0 aromatic rings. The van der Waals surface area contributed by atoms with Gasteiger partial charge < -0.3 is 18.2 Å². The quantitative estimate of drug-likeness (QED) is 0.656. The van der Waals surface area contributed by atoms with Crippen molar-refractivity contribution in [2.75, 3.05) is 27.9 Å². The van der Waals surface area contributed by atoms with Crippen molar-refractivity contribution in [2.45, 2.75) is 38.3 Å². The second kappa shape index (κ2) is 7.16. The summed E-state index contributed by atoms with van der Waals surface area (Å²) < 4.78 is 16.9. The molecule has 1 rings (SSSR count). The summed E-state index contributed by atoms with van der Waals surface area (Å²) in [4.78, 5) is 2.33. The van der Waals surface area contributed by atoms with Crippen LogP contribution in [-0.4, -0.2) is 47.2 Å². The lowest BCUT2D eigenvalue weighted by Gasteiger charge is -2.40. The molecule has 0 radical (unpaired) electrons. The van der Waals surface area contributed by atoms with Crippen molar-refractivity contribution >= 4 is 8.80 Å². The number of nitrogens with zero attached hydrogens (tertiary/aromatic N) is 1. The average molecular weight is 259 g/mol. The summed E-state index contributed by atoms with van der Waals surface area (Å²) in [6.45, 7) is 3.24. The summed E-state index contributed by atoms with van der Waals surface area (Å²) in [5.74, 6) is 0. The highest BCUT2D eigenvalue weighted by Gasteiger charge is 2.49. The highest BCUT2D eigenvalue weighted by molar-refractivity contribution is 6.62. The number of rotatable bonds is 7. The normalized spacial score (nSPS) is 18.5. The zero-order valence-corrected chi connectivity index (χ0v) is 12.4. The Balaban J connectivity index is 2.88. The Labute approximate surface area is 106 Å². The molecule has 0 fully saturated rings. The van der Waals surface area contributed by atoms with E-state index in [1.165, 1.54) is 6.42 Å². The number of hydrogen-bond acceptors (Lipinski definition) is 4. The largest absolute Gasteiger partial charge is 0.523 e. The molecule has 5 heteroatoms. The van der Waals surface area contributed by atoms with E-state index in [2.05, 4.69) is 24.1 Å². The van der Waals surface area contributed by atoms with Gasteiger partial charge in [0.15, 0.2) is 0 Å². The molecule has 1 aliphatic heterocycles. The third-order valence-electron chi connectivity index (χ3n) is 3.31. The maximum absolute atomic E-state index is 5.62. The van der Waals surface area contributed by atoms with Gasteiger partial charge in [-0.2, -0.15) is 0 Å². The van der Waals surface area contributed by atoms with E-state index in [4.69, 9.17) is 13.3 Å². The predicted molar refractivity (Wildman–Crippen MR) is 70.6 cm³/mol. The van der Waals surface area contributed by atoms with Gasteiger partial charge in [0, 0.05) is 27.9 Å². The second-order valence-electron chi connectivity index (χ2n) is 4.29. The Morgan fingerprint density at radius 1 is 1.24 bits per heavy atom. The van der Waals surface area contributed by atoms with Crippen LogP contribution in [0.15, 0.2) is 12.3 Å². The summed E-state index contributed by atoms with van der Waals surface area (Å²) >= 11 is 0. The van der Waals surface area contributed by atoms with Crippen LogP contribution in [0.2, 0.25) is 0 Å². The van der Waals surface area contributed by atoms with E-state index < -0.39 is 8.80 Å². The van der Waals surface area contributed by atoms with Crippen LogP contribution in [-0.2, 0) is 13.3 Å². The molecular weight excluding hydrogens is 234 g/mol. The van der Waals surface area contributed by atoms with Gasteiger partial charge in [0.25, 0.3) is 0 Å². The first kappa shape index (κ1) is 14.7. The van der Waals surface area contributed by atoms with Crippen LogP contribution < -0.4 is 0 Å². The minimum absolute atomic E-state index is 0.226. The first-order chi connectivity index (χ1) is 8.24. The fourth-order valence-corrected chi connectivity index (χ4v) is 4.99. The zero-order chi connectivity index (χ0) is 12.7. The zero-order valence-electron chi connectivity index (χ0n) is 11.4. The Kier molecular flexibility index (Phi) is 6.19. The number of hydrogen-bond donors (Lipinski definition) is 0. The predicted octanol–water partition coefficient (Wildman–Crippen LogP) is 2.18. The summed E-state index contributed by atoms with van der Waals surface area (Å²) in [5, 5.41) is 0. The van der Waals surface area contributed by atoms with Crippen LogP contribution >= 0.6 is 0 Å². The fourth-order valence-electron chi connectivity index (χ4n) is 2.41. The van der Waals surface area contributed by atoms with Crippen molar-refractivity contribution in [1.29, 1.82) is 0 Å². The van der Waals surface area contributed by atoms with Crippen LogP contribution in [0.5, 0.6) is 0 Å². The van der Waals surface area contributed by atoms with E-state index in [1.54, 1.807) is 21.3 Å². The first-order valence-corrected chi connectivity index (χ1v) is 8.12. The molecule has 1 atom stereocenters. The molecule has 0 aliphatic carbocycles. The molecule has 0 saturated heterocycles. The van der Waals surface area contributed by atoms with Gasteiger partial charge in [0.2, 0.25) is 0 Å². The Morgan fingerprint density at radius 2 is 1.88 bits per heavy atom. The fraction of sp³-hybridized carbons (Fsp3) is 0.833. The molecule has 1 unspecified atom stereocenters. The lowest BCUT2D eigenvalue weighted by Crippen LogP contribution is -2.60. The van der Waals surface area contributed by atoms with Gasteiger partial charge in [-0.25, -0.2) is 0 Å². The lowest BCUT2D eigenvalue weighted by atomic mass is 10.2. The Hall–Kier alpha value is -0.363. The van der Waals surface area contributed by atoms with Crippen molar-refractivity contribution in [3.8, 4) is 0 Å². The summed E-state index contributed by atoms with van der Waals surface area (Å²) in [7, 11) is 2.49. The minimum Gasteiger partial charge on any atom is -0.376 e. The van der Waals surface area contributed by atoms with E-state index in [0.717, 1.165) is 25.8 Å². The SMILES string of the molecule is CCCC(N1C=CCCC1)[Si](OC)(OC)OC. The van der Waals surface area contributed by atoms with Crippen LogP contribution in [0.4, 0.5) is 0 Å². The van der Waals surface area contributed by atoms with E-state index in [9.17, 15) is 0 Å². The molecule has 1 aliphatic rings. The van der Waals surface area contributed by atoms with Crippen molar-refractivity contribution in [1.82, 2.24) is 4.90 Å². The lowest BCUT2D eigenvalue weighted by molar-refractivity contribution is 0.0825. The third kappa shape index (κ3) is 3.31. The number of allylic oxidation sites excluding steroid dienone is 1. The smallest absolute Gasteiger partial charge is 0.376 e. The van der Waals surface area contributed by atoms with Crippen LogP contribution in [0.3, 0.4) is 0 Å². The van der Waals surface area contributed by atoms with E-state index in [0.29, 0.717) is 0 Å². The highest BCUT2D eigenvalue weighted by atomic mass is 28.4. The van der Waals surface area contributed by atoms with Crippen molar-refractivity contribution < 1.29 is 13.3 Å². The van der Waals surface area contributed by atoms with Crippen LogP contribution in [0, 0.1) is 0 Å². The average Bonchev–Trinajstić information content (AvgIpc) is 2.41. The summed E-state index contributed by atoms with van der Waals surface area (Å²) in [6.07, 6.45) is 8.87. The van der Waals surface area contributed by atoms with Gasteiger partial charge in [0.05, 0.1) is 5.67 Å². The topological polar surface area (TPSA) is 30.9 Å². The highest BCUT2D eigenvalue weighted by Crippen LogP contribution is 2.24. The van der Waals surface area contributed by atoms with Gasteiger partial charge in [-0.1, -0.05) is 19.4 Å². The van der Waals surface area contributed by atoms with Crippen molar-refractivity contribution in [3.63, 3.8) is 0 Å². The van der Waals surface area contributed by atoms with Gasteiger partial charge in [-0.15, -0.1) is 0 Å². The molecule has 0 N–H and O–H groups in total.